The molecule has 0 saturated heterocycles. The Balaban J connectivity index is 0.00000140. The summed E-state index contributed by atoms with van der Waals surface area (Å²) in [7, 11) is 0. The molecule has 28 heavy (non-hydrogen) atoms. The van der Waals surface area contributed by atoms with Gasteiger partial charge in [-0.15, -0.1) is 24.8 Å². The zero-order valence-electron chi connectivity index (χ0n) is 16.1. The summed E-state index contributed by atoms with van der Waals surface area (Å²) < 4.78 is 11.5. The van der Waals surface area contributed by atoms with Gasteiger partial charge in [0.15, 0.2) is 5.82 Å². The summed E-state index contributed by atoms with van der Waals surface area (Å²) in [6.07, 6.45) is 1.89. The summed E-state index contributed by atoms with van der Waals surface area (Å²) in [5, 5.41) is 3.47. The average molecular weight is 427 g/mol. The van der Waals surface area contributed by atoms with Gasteiger partial charge in [-0.3, -0.25) is 0 Å². The number of nitrogens with zero attached hydrogens (tertiary/aromatic N) is 3. The summed E-state index contributed by atoms with van der Waals surface area (Å²) in [4.78, 5) is 12.1. The van der Waals surface area contributed by atoms with E-state index < -0.39 is 0 Å². The number of benzene rings is 1. The summed E-state index contributed by atoms with van der Waals surface area (Å²) in [5.41, 5.74) is 3.64. The van der Waals surface area contributed by atoms with E-state index in [4.69, 9.17) is 19.4 Å². The third-order valence-electron chi connectivity index (χ3n) is 4.89. The molecule has 4 rings (SSSR count). The van der Waals surface area contributed by atoms with Gasteiger partial charge in [-0.1, -0.05) is 18.2 Å². The Morgan fingerprint density at radius 1 is 1.14 bits per heavy atom. The third kappa shape index (κ3) is 5.06. The molecule has 0 aliphatic carbocycles. The van der Waals surface area contributed by atoms with Crippen LogP contribution in [0.1, 0.15) is 29.6 Å². The van der Waals surface area contributed by atoms with Crippen LogP contribution in [-0.2, 0) is 30.7 Å². The van der Waals surface area contributed by atoms with E-state index in [9.17, 15) is 0 Å². The molecule has 0 bridgehead atoms. The first-order valence-electron chi connectivity index (χ1n) is 9.48. The molecule has 1 aromatic carbocycles. The number of rotatable bonds is 4. The van der Waals surface area contributed by atoms with E-state index in [1.54, 1.807) is 0 Å². The van der Waals surface area contributed by atoms with Crippen LogP contribution in [-0.4, -0.2) is 42.8 Å². The molecule has 0 atom stereocenters. The van der Waals surface area contributed by atoms with Crippen LogP contribution in [0.3, 0.4) is 0 Å². The average Bonchev–Trinajstić information content (AvgIpc) is 3.03. The van der Waals surface area contributed by atoms with E-state index in [1.807, 2.05) is 19.1 Å². The van der Waals surface area contributed by atoms with Gasteiger partial charge in [0.25, 0.3) is 0 Å². The van der Waals surface area contributed by atoms with Crippen molar-refractivity contribution < 1.29 is 9.47 Å². The molecule has 0 unspecified atom stereocenters. The number of ether oxygens (including phenoxy) is 2. The fourth-order valence-electron chi connectivity index (χ4n) is 3.60. The summed E-state index contributed by atoms with van der Waals surface area (Å²) in [6, 6.07) is 8.27. The third-order valence-corrected chi connectivity index (χ3v) is 4.89. The second-order valence-electron chi connectivity index (χ2n) is 6.65. The quantitative estimate of drug-likeness (QED) is 0.810. The Morgan fingerprint density at radius 3 is 2.82 bits per heavy atom. The number of para-hydroxylation sites is 1. The molecule has 0 spiro atoms. The number of hydrogen-bond donors (Lipinski definition) is 1. The lowest BCUT2D eigenvalue weighted by Crippen LogP contribution is -2.29. The van der Waals surface area contributed by atoms with Crippen molar-refractivity contribution in [1.29, 1.82) is 0 Å². The second-order valence-corrected chi connectivity index (χ2v) is 6.65. The monoisotopic (exact) mass is 426 g/mol. The van der Waals surface area contributed by atoms with E-state index in [-0.39, 0.29) is 24.8 Å². The van der Waals surface area contributed by atoms with Crippen LogP contribution >= 0.6 is 24.8 Å². The molecular weight excluding hydrogens is 399 g/mol. The van der Waals surface area contributed by atoms with Crippen molar-refractivity contribution >= 4 is 30.6 Å². The zero-order valence-corrected chi connectivity index (χ0v) is 17.8. The predicted octanol–water partition coefficient (Wildman–Crippen LogP) is 2.94. The molecule has 0 fully saturated rings. The maximum atomic E-state index is 5.94. The van der Waals surface area contributed by atoms with Crippen molar-refractivity contribution in [2.24, 2.45) is 0 Å². The largest absolute Gasteiger partial charge is 0.491 e. The van der Waals surface area contributed by atoms with Crippen molar-refractivity contribution in [3.8, 4) is 5.75 Å². The second kappa shape index (κ2) is 10.8. The van der Waals surface area contributed by atoms with Crippen LogP contribution in [0.15, 0.2) is 24.3 Å². The van der Waals surface area contributed by atoms with Gasteiger partial charge in [0.1, 0.15) is 24.8 Å². The van der Waals surface area contributed by atoms with Crippen molar-refractivity contribution in [2.75, 3.05) is 37.7 Å². The van der Waals surface area contributed by atoms with Crippen molar-refractivity contribution in [3.63, 3.8) is 0 Å². The lowest BCUT2D eigenvalue weighted by molar-refractivity contribution is 0.128. The molecule has 2 aliphatic heterocycles. The first-order chi connectivity index (χ1) is 12.8. The van der Waals surface area contributed by atoms with Crippen LogP contribution in [0.2, 0.25) is 0 Å². The topological polar surface area (TPSA) is 59.5 Å². The van der Waals surface area contributed by atoms with E-state index in [0.29, 0.717) is 19.8 Å². The van der Waals surface area contributed by atoms with Crippen LogP contribution in [0.5, 0.6) is 5.75 Å². The standard InChI is InChI=1S/C20H26N4O2.2ClH/c1-2-25-14-19-22-17-8-10-21-9-7-16(17)20(23-19)24-11-12-26-18-6-4-3-5-15(18)13-24;;/h3-6,21H,2,7-14H2,1H3;2*1H. The number of fused-ring (bicyclic) bond motifs is 2. The van der Waals surface area contributed by atoms with Gasteiger partial charge in [0.05, 0.1) is 12.2 Å². The SMILES string of the molecule is CCOCc1nc2c(c(N3CCOc4ccccc4C3)n1)CCNCC2.Cl.Cl. The van der Waals surface area contributed by atoms with E-state index in [2.05, 4.69) is 22.3 Å². The Hall–Kier alpha value is -1.60. The van der Waals surface area contributed by atoms with Gasteiger partial charge in [0, 0.05) is 37.2 Å². The summed E-state index contributed by atoms with van der Waals surface area (Å²) in [5.74, 6) is 2.81. The zero-order chi connectivity index (χ0) is 17.8. The highest BCUT2D eigenvalue weighted by Gasteiger charge is 2.23. The van der Waals surface area contributed by atoms with Crippen molar-refractivity contribution in [1.82, 2.24) is 15.3 Å². The Morgan fingerprint density at radius 2 is 1.96 bits per heavy atom. The molecule has 3 heterocycles. The molecule has 1 aromatic heterocycles. The number of anilines is 1. The van der Waals surface area contributed by atoms with E-state index in [0.717, 1.165) is 62.1 Å². The predicted molar refractivity (Wildman–Crippen MR) is 115 cm³/mol. The minimum atomic E-state index is 0. The highest BCUT2D eigenvalue weighted by atomic mass is 35.5. The maximum absolute atomic E-state index is 5.94. The molecule has 2 aliphatic rings. The number of halogens is 2. The summed E-state index contributed by atoms with van der Waals surface area (Å²) >= 11 is 0. The number of nitrogens with one attached hydrogen (secondary N) is 1. The smallest absolute Gasteiger partial charge is 0.156 e. The Labute approximate surface area is 178 Å². The fraction of sp³-hybridized carbons (Fsp3) is 0.500. The lowest BCUT2D eigenvalue weighted by Gasteiger charge is -2.25. The fourth-order valence-corrected chi connectivity index (χ4v) is 3.60. The molecule has 6 nitrogen and oxygen atoms in total. The Bertz CT molecular complexity index is 776. The van der Waals surface area contributed by atoms with Gasteiger partial charge in [-0.05, 0) is 26.0 Å². The summed E-state index contributed by atoms with van der Waals surface area (Å²) in [6.45, 7) is 7.35. The van der Waals surface area contributed by atoms with Crippen LogP contribution in [0.4, 0.5) is 5.82 Å². The Kier molecular flexibility index (Phi) is 8.76. The molecular formula is C20H28Cl2N4O2. The molecule has 0 radical (unpaired) electrons. The van der Waals surface area contributed by atoms with Gasteiger partial charge >= 0.3 is 0 Å². The highest BCUT2D eigenvalue weighted by Crippen LogP contribution is 2.29. The normalized spacial score (nSPS) is 15.7. The minimum absolute atomic E-state index is 0. The van der Waals surface area contributed by atoms with E-state index in [1.165, 1.54) is 11.1 Å². The highest BCUT2D eigenvalue weighted by molar-refractivity contribution is 5.85. The lowest BCUT2D eigenvalue weighted by atomic mass is 10.1. The molecule has 0 amide bonds. The number of hydrogen-bond acceptors (Lipinski definition) is 6. The molecule has 0 saturated carbocycles. The molecule has 8 heteroatoms. The van der Waals surface area contributed by atoms with Gasteiger partial charge in [-0.2, -0.15) is 0 Å². The van der Waals surface area contributed by atoms with Gasteiger partial charge < -0.3 is 19.7 Å². The van der Waals surface area contributed by atoms with Crippen molar-refractivity contribution in [3.05, 3.63) is 46.9 Å². The molecule has 1 N–H and O–H groups in total. The van der Waals surface area contributed by atoms with Crippen LogP contribution < -0.4 is 15.0 Å². The maximum Gasteiger partial charge on any atom is 0.156 e. The first-order valence-corrected chi connectivity index (χ1v) is 9.48. The number of aromatic nitrogens is 2. The van der Waals surface area contributed by atoms with Gasteiger partial charge in [-0.25, -0.2) is 9.97 Å². The van der Waals surface area contributed by atoms with Crippen LogP contribution in [0, 0.1) is 0 Å². The molecule has 2 aromatic rings. The first kappa shape index (κ1) is 22.7. The molecule has 154 valence electrons. The van der Waals surface area contributed by atoms with E-state index >= 15 is 0 Å². The minimum Gasteiger partial charge on any atom is -0.491 e. The van der Waals surface area contributed by atoms with Crippen molar-refractivity contribution in [2.45, 2.75) is 32.9 Å². The van der Waals surface area contributed by atoms with Crippen LogP contribution in [0.25, 0.3) is 0 Å². The van der Waals surface area contributed by atoms with Gasteiger partial charge in [0.2, 0.25) is 0 Å².